The molecule has 0 radical (unpaired) electrons. The average molecular weight is 221 g/mol. The van der Waals surface area contributed by atoms with E-state index in [2.05, 4.69) is 26.1 Å². The van der Waals surface area contributed by atoms with Crippen molar-refractivity contribution in [3.05, 3.63) is 29.8 Å². The molecular formula is C13H19NO2. The number of aromatic hydroxyl groups is 1. The summed E-state index contributed by atoms with van der Waals surface area (Å²) in [5.41, 5.74) is 0.747. The molecule has 2 N–H and O–H groups in total. The van der Waals surface area contributed by atoms with Crippen LogP contribution in [-0.4, -0.2) is 23.0 Å². The zero-order chi connectivity index (χ0) is 11.8. The maximum Gasteiger partial charge on any atom is 0.121 e. The Morgan fingerprint density at radius 3 is 2.38 bits per heavy atom. The summed E-state index contributed by atoms with van der Waals surface area (Å²) < 4.78 is 6.00. The van der Waals surface area contributed by atoms with Crippen molar-refractivity contribution in [3.63, 3.8) is 0 Å². The van der Waals surface area contributed by atoms with Crippen LogP contribution in [0.3, 0.4) is 0 Å². The first kappa shape index (κ1) is 11.4. The van der Waals surface area contributed by atoms with Crippen molar-refractivity contribution in [1.29, 1.82) is 0 Å². The van der Waals surface area contributed by atoms with Gasteiger partial charge in [0.25, 0.3) is 0 Å². The topological polar surface area (TPSA) is 41.5 Å². The van der Waals surface area contributed by atoms with Gasteiger partial charge in [0.1, 0.15) is 11.5 Å². The highest BCUT2D eigenvalue weighted by Gasteiger charge is 2.40. The number of hydrogen-bond donors (Lipinski definition) is 2. The van der Waals surface area contributed by atoms with Crippen LogP contribution in [0.2, 0.25) is 0 Å². The Balaban J connectivity index is 2.07. The highest BCUT2D eigenvalue weighted by molar-refractivity contribution is 5.27. The average Bonchev–Trinajstić information content (AvgIpc) is 2.45. The number of ether oxygens (including phenoxy) is 1. The van der Waals surface area contributed by atoms with Gasteiger partial charge < -0.3 is 9.84 Å². The third kappa shape index (κ3) is 2.54. The highest BCUT2D eigenvalue weighted by atomic mass is 16.5. The molecule has 1 aromatic carbocycles. The molecule has 1 aromatic rings. The quantitative estimate of drug-likeness (QED) is 0.803. The Hall–Kier alpha value is -1.06. The minimum Gasteiger partial charge on any atom is -0.508 e. The van der Waals surface area contributed by atoms with Gasteiger partial charge in [-0.05, 0) is 38.5 Å². The van der Waals surface area contributed by atoms with Crippen LogP contribution in [0.1, 0.15) is 26.3 Å². The fraction of sp³-hybridized carbons (Fsp3) is 0.538. The van der Waals surface area contributed by atoms with Crippen LogP contribution in [0, 0.1) is 0 Å². The first-order valence-electron chi connectivity index (χ1n) is 5.62. The second-order valence-electron chi connectivity index (χ2n) is 5.29. The fourth-order valence-corrected chi connectivity index (χ4v) is 2.18. The number of phenols is 1. The molecule has 1 heterocycles. The van der Waals surface area contributed by atoms with Crippen molar-refractivity contribution in [2.45, 2.75) is 38.5 Å². The van der Waals surface area contributed by atoms with Crippen molar-refractivity contribution in [2.75, 3.05) is 6.54 Å². The van der Waals surface area contributed by atoms with Gasteiger partial charge in [-0.3, -0.25) is 5.32 Å². The van der Waals surface area contributed by atoms with E-state index >= 15 is 0 Å². The minimum absolute atomic E-state index is 0.105. The van der Waals surface area contributed by atoms with Crippen molar-refractivity contribution in [2.24, 2.45) is 0 Å². The molecule has 1 aliphatic rings. The van der Waals surface area contributed by atoms with E-state index < -0.39 is 0 Å². The molecule has 1 saturated heterocycles. The SMILES string of the molecule is CC1(C)CNC(C)(Cc2ccc(O)cc2)O1. The summed E-state index contributed by atoms with van der Waals surface area (Å²) in [6.45, 7) is 7.10. The van der Waals surface area contributed by atoms with Gasteiger partial charge in [0, 0.05) is 13.0 Å². The zero-order valence-electron chi connectivity index (χ0n) is 10.1. The molecule has 88 valence electrons. The molecule has 3 heteroatoms. The molecule has 1 fully saturated rings. The van der Waals surface area contributed by atoms with E-state index in [1.54, 1.807) is 12.1 Å². The van der Waals surface area contributed by atoms with Gasteiger partial charge in [0.05, 0.1) is 5.60 Å². The molecular weight excluding hydrogens is 202 g/mol. The highest BCUT2D eigenvalue weighted by Crippen LogP contribution is 2.28. The van der Waals surface area contributed by atoms with Gasteiger partial charge >= 0.3 is 0 Å². The van der Waals surface area contributed by atoms with E-state index in [9.17, 15) is 5.11 Å². The molecule has 1 aliphatic heterocycles. The maximum atomic E-state index is 9.22. The Morgan fingerprint density at radius 2 is 1.88 bits per heavy atom. The molecule has 3 nitrogen and oxygen atoms in total. The standard InChI is InChI=1S/C13H19NO2/c1-12(2)9-14-13(3,16-12)8-10-4-6-11(15)7-5-10/h4-7,14-15H,8-9H2,1-3H3. The summed E-state index contributed by atoms with van der Waals surface area (Å²) in [6.07, 6.45) is 0.802. The van der Waals surface area contributed by atoms with Crippen LogP contribution in [0.4, 0.5) is 0 Å². The van der Waals surface area contributed by atoms with Crippen LogP contribution >= 0.6 is 0 Å². The van der Waals surface area contributed by atoms with Gasteiger partial charge in [-0.15, -0.1) is 0 Å². The third-order valence-electron chi connectivity index (χ3n) is 2.87. The van der Waals surface area contributed by atoms with Gasteiger partial charge in [0.15, 0.2) is 0 Å². The molecule has 16 heavy (non-hydrogen) atoms. The smallest absolute Gasteiger partial charge is 0.121 e. The maximum absolute atomic E-state index is 9.22. The van der Waals surface area contributed by atoms with Crippen molar-refractivity contribution >= 4 is 0 Å². The third-order valence-corrected chi connectivity index (χ3v) is 2.87. The summed E-state index contributed by atoms with van der Waals surface area (Å²) in [4.78, 5) is 0. The number of hydrogen-bond acceptors (Lipinski definition) is 3. The molecule has 2 rings (SSSR count). The second-order valence-corrected chi connectivity index (χ2v) is 5.29. The molecule has 1 unspecified atom stereocenters. The van der Waals surface area contributed by atoms with Gasteiger partial charge in [0.2, 0.25) is 0 Å². The van der Waals surface area contributed by atoms with E-state index in [1.807, 2.05) is 12.1 Å². The lowest BCUT2D eigenvalue weighted by Crippen LogP contribution is -2.40. The number of benzene rings is 1. The largest absolute Gasteiger partial charge is 0.508 e. The molecule has 1 atom stereocenters. The summed E-state index contributed by atoms with van der Waals surface area (Å²) >= 11 is 0. The molecule has 0 spiro atoms. The molecule has 0 aliphatic carbocycles. The van der Waals surface area contributed by atoms with Crippen LogP contribution in [0.15, 0.2) is 24.3 Å². The Kier molecular flexibility index (Phi) is 2.68. The summed E-state index contributed by atoms with van der Waals surface area (Å²) in [5.74, 6) is 0.300. The Labute approximate surface area is 96.4 Å². The van der Waals surface area contributed by atoms with Crippen LogP contribution in [0.5, 0.6) is 5.75 Å². The van der Waals surface area contributed by atoms with Crippen molar-refractivity contribution in [1.82, 2.24) is 5.32 Å². The van der Waals surface area contributed by atoms with E-state index in [4.69, 9.17) is 4.74 Å². The lowest BCUT2D eigenvalue weighted by atomic mass is 10.0. The zero-order valence-corrected chi connectivity index (χ0v) is 10.1. The van der Waals surface area contributed by atoms with E-state index in [1.165, 1.54) is 0 Å². The first-order valence-corrected chi connectivity index (χ1v) is 5.62. The molecule has 0 amide bonds. The van der Waals surface area contributed by atoms with Crippen LogP contribution < -0.4 is 5.32 Å². The lowest BCUT2D eigenvalue weighted by Gasteiger charge is -2.27. The molecule has 0 saturated carbocycles. The second kappa shape index (κ2) is 3.75. The van der Waals surface area contributed by atoms with E-state index in [-0.39, 0.29) is 11.3 Å². The Bertz CT molecular complexity index is 372. The van der Waals surface area contributed by atoms with Crippen LogP contribution in [0.25, 0.3) is 0 Å². The summed E-state index contributed by atoms with van der Waals surface area (Å²) in [7, 11) is 0. The van der Waals surface area contributed by atoms with E-state index in [0.717, 1.165) is 18.5 Å². The van der Waals surface area contributed by atoms with Crippen molar-refractivity contribution < 1.29 is 9.84 Å². The normalized spacial score (nSPS) is 28.2. The Morgan fingerprint density at radius 1 is 1.25 bits per heavy atom. The number of rotatable bonds is 2. The predicted octanol–water partition coefficient (Wildman–Crippen LogP) is 2.05. The first-order chi connectivity index (χ1) is 7.39. The predicted molar refractivity (Wildman–Crippen MR) is 63.4 cm³/mol. The van der Waals surface area contributed by atoms with Crippen LogP contribution in [-0.2, 0) is 11.2 Å². The summed E-state index contributed by atoms with van der Waals surface area (Å²) in [5, 5.41) is 12.6. The van der Waals surface area contributed by atoms with Gasteiger partial charge in [-0.1, -0.05) is 12.1 Å². The molecule has 0 aromatic heterocycles. The van der Waals surface area contributed by atoms with Gasteiger partial charge in [-0.25, -0.2) is 0 Å². The minimum atomic E-state index is -0.305. The van der Waals surface area contributed by atoms with E-state index in [0.29, 0.717) is 5.75 Å². The van der Waals surface area contributed by atoms with Gasteiger partial charge in [-0.2, -0.15) is 0 Å². The number of phenolic OH excluding ortho intramolecular Hbond substituents is 1. The van der Waals surface area contributed by atoms with Crippen molar-refractivity contribution in [3.8, 4) is 5.75 Å². The monoisotopic (exact) mass is 221 g/mol. The summed E-state index contributed by atoms with van der Waals surface area (Å²) in [6, 6.07) is 7.27. The number of nitrogens with one attached hydrogen (secondary N) is 1. The fourth-order valence-electron chi connectivity index (χ4n) is 2.18. The molecule has 0 bridgehead atoms. The lowest BCUT2D eigenvalue weighted by molar-refractivity contribution is -0.0785.